The highest BCUT2D eigenvalue weighted by molar-refractivity contribution is 9.10. The second-order valence-electron chi connectivity index (χ2n) is 6.74. The predicted molar refractivity (Wildman–Crippen MR) is 116 cm³/mol. The number of Topliss-reactive ketones (excluding diaryl/α,β-unsaturated/α-hetero) is 1. The molecule has 0 unspecified atom stereocenters. The molecule has 0 radical (unpaired) electrons. The number of halogens is 1. The van der Waals surface area contributed by atoms with Gasteiger partial charge in [-0.05, 0) is 55.5 Å². The van der Waals surface area contributed by atoms with Crippen LogP contribution in [-0.4, -0.2) is 18.9 Å². The lowest BCUT2D eigenvalue weighted by atomic mass is 10.1. The first-order valence-electron chi connectivity index (χ1n) is 9.15. The molecule has 0 aliphatic carbocycles. The Hall–Kier alpha value is -3.38. The molecule has 0 spiro atoms. The van der Waals surface area contributed by atoms with E-state index in [1.165, 1.54) is 0 Å². The molecule has 150 valence electrons. The van der Waals surface area contributed by atoms with Crippen LogP contribution in [0.5, 0.6) is 17.2 Å². The lowest BCUT2D eigenvalue weighted by molar-refractivity contribution is 0.0734. The molecule has 0 N–H and O–H groups in total. The number of hydrogen-bond donors (Lipinski definition) is 0. The summed E-state index contributed by atoms with van der Waals surface area (Å²) in [5.74, 6) is 0.708. The molecule has 0 bridgehead atoms. The van der Waals surface area contributed by atoms with Gasteiger partial charge in [0, 0.05) is 16.1 Å². The van der Waals surface area contributed by atoms with Gasteiger partial charge in [0.1, 0.15) is 17.2 Å². The minimum atomic E-state index is -0.474. The molecule has 0 aromatic heterocycles. The summed E-state index contributed by atoms with van der Waals surface area (Å²) in [6.45, 7) is 1.90. The highest BCUT2D eigenvalue weighted by Crippen LogP contribution is 2.36. The fraction of sp³-hybridized carbons (Fsp3) is 0.0833. The van der Waals surface area contributed by atoms with Crippen molar-refractivity contribution in [1.29, 1.82) is 0 Å². The van der Waals surface area contributed by atoms with Gasteiger partial charge in [0.05, 0.1) is 18.2 Å². The fourth-order valence-electron chi connectivity index (χ4n) is 3.13. The van der Waals surface area contributed by atoms with Crippen LogP contribution in [0, 0.1) is 6.92 Å². The summed E-state index contributed by atoms with van der Waals surface area (Å²) in [6.07, 6.45) is 1.63. The number of hydrogen-bond acceptors (Lipinski definition) is 5. The molecule has 0 saturated carbocycles. The average Bonchev–Trinajstić information content (AvgIpc) is 3.03. The average molecular weight is 465 g/mol. The SMILES string of the molecule is COc1ccc(Br)cc1/C=C1\Oc2cc(OC(=O)c3cccc(C)c3)ccc2C1=O. The summed E-state index contributed by atoms with van der Waals surface area (Å²) in [7, 11) is 1.56. The van der Waals surface area contributed by atoms with Gasteiger partial charge < -0.3 is 14.2 Å². The minimum Gasteiger partial charge on any atom is -0.496 e. The molecule has 0 saturated heterocycles. The molecular weight excluding hydrogens is 448 g/mol. The molecule has 6 heteroatoms. The second-order valence-corrected chi connectivity index (χ2v) is 7.66. The number of aryl methyl sites for hydroxylation is 1. The van der Waals surface area contributed by atoms with E-state index in [2.05, 4.69) is 15.9 Å². The Morgan fingerprint density at radius 2 is 1.90 bits per heavy atom. The summed E-state index contributed by atoms with van der Waals surface area (Å²) in [6, 6.07) is 17.3. The van der Waals surface area contributed by atoms with Gasteiger partial charge in [-0.25, -0.2) is 4.79 Å². The van der Waals surface area contributed by atoms with Gasteiger partial charge in [-0.1, -0.05) is 33.6 Å². The van der Waals surface area contributed by atoms with Crippen molar-refractivity contribution in [1.82, 2.24) is 0 Å². The van der Waals surface area contributed by atoms with E-state index in [0.29, 0.717) is 33.9 Å². The van der Waals surface area contributed by atoms with Crippen molar-refractivity contribution >= 4 is 33.8 Å². The summed E-state index contributed by atoms with van der Waals surface area (Å²) in [5, 5.41) is 0. The minimum absolute atomic E-state index is 0.170. The highest BCUT2D eigenvalue weighted by Gasteiger charge is 2.28. The van der Waals surface area contributed by atoms with Gasteiger partial charge in [-0.3, -0.25) is 4.79 Å². The molecule has 0 amide bonds. The maximum Gasteiger partial charge on any atom is 0.343 e. The molecule has 0 fully saturated rings. The van der Waals surface area contributed by atoms with E-state index in [4.69, 9.17) is 14.2 Å². The van der Waals surface area contributed by atoms with E-state index >= 15 is 0 Å². The lowest BCUT2D eigenvalue weighted by Gasteiger charge is -2.07. The third-order valence-corrected chi connectivity index (χ3v) is 5.08. The number of rotatable bonds is 4. The quantitative estimate of drug-likeness (QED) is 0.285. The maximum atomic E-state index is 12.7. The van der Waals surface area contributed by atoms with E-state index in [-0.39, 0.29) is 11.5 Å². The van der Waals surface area contributed by atoms with E-state index in [9.17, 15) is 9.59 Å². The number of fused-ring (bicyclic) bond motifs is 1. The zero-order chi connectivity index (χ0) is 21.3. The molecular formula is C24H17BrO5. The summed E-state index contributed by atoms with van der Waals surface area (Å²) in [4.78, 5) is 25.1. The number of ether oxygens (including phenoxy) is 3. The Bertz CT molecular complexity index is 1200. The number of carbonyl (C=O) groups is 2. The van der Waals surface area contributed by atoms with Gasteiger partial charge in [-0.2, -0.15) is 0 Å². The highest BCUT2D eigenvalue weighted by atomic mass is 79.9. The lowest BCUT2D eigenvalue weighted by Crippen LogP contribution is -2.08. The van der Waals surface area contributed by atoms with Crippen molar-refractivity contribution < 1.29 is 23.8 Å². The Balaban J connectivity index is 1.59. The third-order valence-electron chi connectivity index (χ3n) is 4.58. The zero-order valence-corrected chi connectivity index (χ0v) is 17.9. The molecule has 0 atom stereocenters. The van der Waals surface area contributed by atoms with Crippen LogP contribution < -0.4 is 14.2 Å². The van der Waals surface area contributed by atoms with Gasteiger partial charge in [-0.15, -0.1) is 0 Å². The first-order valence-corrected chi connectivity index (χ1v) is 9.94. The van der Waals surface area contributed by atoms with Crippen LogP contribution in [0.1, 0.15) is 31.8 Å². The number of methoxy groups -OCH3 is 1. The third kappa shape index (κ3) is 4.00. The summed E-state index contributed by atoms with van der Waals surface area (Å²) < 4.78 is 17.4. The van der Waals surface area contributed by atoms with E-state index < -0.39 is 5.97 Å². The molecule has 3 aromatic rings. The second kappa shape index (κ2) is 8.16. The largest absolute Gasteiger partial charge is 0.496 e. The Morgan fingerprint density at radius 3 is 2.67 bits per heavy atom. The van der Waals surface area contributed by atoms with Crippen molar-refractivity contribution in [3.05, 3.63) is 93.1 Å². The van der Waals surface area contributed by atoms with Gasteiger partial charge in [0.25, 0.3) is 0 Å². The molecule has 1 aliphatic heterocycles. The van der Waals surface area contributed by atoms with Gasteiger partial charge >= 0.3 is 5.97 Å². The topological polar surface area (TPSA) is 61.8 Å². The first kappa shape index (κ1) is 19.9. The molecule has 3 aromatic carbocycles. The Morgan fingerprint density at radius 1 is 1.07 bits per heavy atom. The van der Waals surface area contributed by atoms with E-state index in [1.807, 2.05) is 25.1 Å². The maximum absolute atomic E-state index is 12.7. The van der Waals surface area contributed by atoms with Crippen molar-refractivity contribution in [2.75, 3.05) is 7.11 Å². The number of ketones is 1. The van der Waals surface area contributed by atoms with Crippen LogP contribution in [0.3, 0.4) is 0 Å². The van der Waals surface area contributed by atoms with Crippen LogP contribution in [-0.2, 0) is 0 Å². The van der Waals surface area contributed by atoms with Gasteiger partial charge in [0.15, 0.2) is 5.76 Å². The van der Waals surface area contributed by atoms with Crippen molar-refractivity contribution in [3.63, 3.8) is 0 Å². The standard InChI is InChI=1S/C24H17BrO5/c1-14-4-3-5-15(10-14)24(27)29-18-7-8-19-21(13-18)30-22(23(19)26)12-16-11-17(25)6-9-20(16)28-2/h3-13H,1-2H3/b22-12-. The van der Waals surface area contributed by atoms with Crippen LogP contribution in [0.2, 0.25) is 0 Å². The van der Waals surface area contributed by atoms with E-state index in [1.54, 1.807) is 55.7 Å². The van der Waals surface area contributed by atoms with Crippen LogP contribution in [0.15, 0.2) is 70.9 Å². The van der Waals surface area contributed by atoms with Crippen LogP contribution in [0.4, 0.5) is 0 Å². The first-order chi connectivity index (χ1) is 14.4. The molecule has 1 aliphatic rings. The fourth-order valence-corrected chi connectivity index (χ4v) is 3.51. The number of allylic oxidation sites excluding steroid dienone is 1. The zero-order valence-electron chi connectivity index (χ0n) is 16.3. The van der Waals surface area contributed by atoms with E-state index in [0.717, 1.165) is 10.0 Å². The molecule has 1 heterocycles. The van der Waals surface area contributed by atoms with Crippen molar-refractivity contribution in [2.45, 2.75) is 6.92 Å². The predicted octanol–water partition coefficient (Wildman–Crippen LogP) is 5.60. The van der Waals surface area contributed by atoms with Crippen LogP contribution in [0.25, 0.3) is 6.08 Å². The molecule has 30 heavy (non-hydrogen) atoms. The molecule has 5 nitrogen and oxygen atoms in total. The van der Waals surface area contributed by atoms with Crippen molar-refractivity contribution in [2.24, 2.45) is 0 Å². The Kier molecular flexibility index (Phi) is 5.42. The van der Waals surface area contributed by atoms with Crippen molar-refractivity contribution in [3.8, 4) is 17.2 Å². The Labute approximate surface area is 182 Å². The van der Waals surface area contributed by atoms with Crippen LogP contribution >= 0.6 is 15.9 Å². The molecule has 4 rings (SSSR count). The number of esters is 1. The smallest absolute Gasteiger partial charge is 0.343 e. The summed E-state index contributed by atoms with van der Waals surface area (Å²) >= 11 is 3.42. The van der Waals surface area contributed by atoms with Gasteiger partial charge in [0.2, 0.25) is 5.78 Å². The monoisotopic (exact) mass is 464 g/mol. The number of benzene rings is 3. The normalized spacial score (nSPS) is 13.7. The summed E-state index contributed by atoms with van der Waals surface area (Å²) in [5.41, 5.74) is 2.53. The number of carbonyl (C=O) groups excluding carboxylic acids is 2.